The summed E-state index contributed by atoms with van der Waals surface area (Å²) in [6.45, 7) is 2.22. The van der Waals surface area contributed by atoms with Gasteiger partial charge in [-0.3, -0.25) is 4.90 Å². The highest BCUT2D eigenvalue weighted by atomic mass is 15.2. The minimum absolute atomic E-state index is 0.636. The number of nitrogens with zero attached hydrogens (tertiary/aromatic N) is 3. The van der Waals surface area contributed by atoms with Crippen molar-refractivity contribution in [3.8, 4) is 6.07 Å². The molecule has 0 saturated carbocycles. The average Bonchev–Trinajstić information content (AvgIpc) is 3.36. The first-order valence-electron chi connectivity index (χ1n) is 10.9. The highest BCUT2D eigenvalue weighted by molar-refractivity contribution is 5.85. The molecule has 3 nitrogen and oxygen atoms in total. The number of aryl methyl sites for hydroxylation is 2. The van der Waals surface area contributed by atoms with Crippen molar-refractivity contribution in [1.29, 1.82) is 5.26 Å². The molecule has 0 amide bonds. The van der Waals surface area contributed by atoms with Crippen molar-refractivity contribution in [3.05, 3.63) is 83.6 Å². The Morgan fingerprint density at radius 2 is 1.87 bits per heavy atom. The first-order valence-corrected chi connectivity index (χ1v) is 10.9. The first kappa shape index (κ1) is 18.9. The molecule has 1 aromatic heterocycles. The van der Waals surface area contributed by atoms with Gasteiger partial charge in [-0.2, -0.15) is 5.26 Å². The van der Waals surface area contributed by atoms with Crippen LogP contribution in [0.4, 0.5) is 0 Å². The number of fused-ring (bicyclic) bond motifs is 2. The zero-order valence-corrected chi connectivity index (χ0v) is 17.5. The standard InChI is InChI=1S/C27H27N3/c1-29-25(17-22-12-11-20(18-28)16-27(22)29)14-13-24-9-5-15-30(24)19-23-8-4-7-21-6-2-3-10-26(21)23/h2-4,6-8,10-12,16-17,24H,5,9,13-15,19H2,1H3. The van der Waals surface area contributed by atoms with Crippen LogP contribution in [0.15, 0.2) is 66.7 Å². The summed E-state index contributed by atoms with van der Waals surface area (Å²) in [5.74, 6) is 0. The van der Waals surface area contributed by atoms with Gasteiger partial charge in [0.2, 0.25) is 0 Å². The van der Waals surface area contributed by atoms with E-state index in [0.717, 1.165) is 24.0 Å². The fourth-order valence-corrected chi connectivity index (χ4v) is 5.09. The van der Waals surface area contributed by atoms with Crippen LogP contribution in [0.3, 0.4) is 0 Å². The van der Waals surface area contributed by atoms with Crippen molar-refractivity contribution in [2.45, 2.75) is 38.3 Å². The van der Waals surface area contributed by atoms with E-state index in [2.05, 4.69) is 77.2 Å². The minimum atomic E-state index is 0.636. The quantitative estimate of drug-likeness (QED) is 0.429. The molecule has 3 heteroatoms. The van der Waals surface area contributed by atoms with Crippen molar-refractivity contribution in [2.24, 2.45) is 7.05 Å². The molecule has 1 atom stereocenters. The number of likely N-dealkylation sites (tertiary alicyclic amines) is 1. The normalized spacial score (nSPS) is 17.0. The summed E-state index contributed by atoms with van der Waals surface area (Å²) in [6, 6.07) is 26.6. The van der Waals surface area contributed by atoms with E-state index in [1.165, 1.54) is 53.2 Å². The molecule has 1 fully saturated rings. The Balaban J connectivity index is 1.32. The van der Waals surface area contributed by atoms with Gasteiger partial charge in [0, 0.05) is 30.8 Å². The van der Waals surface area contributed by atoms with Crippen LogP contribution in [0.25, 0.3) is 21.7 Å². The van der Waals surface area contributed by atoms with Gasteiger partial charge in [0.1, 0.15) is 0 Å². The van der Waals surface area contributed by atoms with E-state index in [-0.39, 0.29) is 0 Å². The van der Waals surface area contributed by atoms with E-state index in [0.29, 0.717) is 6.04 Å². The number of hydrogen-bond donors (Lipinski definition) is 0. The van der Waals surface area contributed by atoms with Crippen LogP contribution in [0.1, 0.15) is 36.1 Å². The molecule has 4 aromatic rings. The van der Waals surface area contributed by atoms with Crippen LogP contribution in [0, 0.1) is 11.3 Å². The smallest absolute Gasteiger partial charge is 0.0992 e. The monoisotopic (exact) mass is 393 g/mol. The van der Waals surface area contributed by atoms with E-state index in [1.54, 1.807) is 0 Å². The zero-order chi connectivity index (χ0) is 20.5. The Morgan fingerprint density at radius 3 is 2.77 bits per heavy atom. The van der Waals surface area contributed by atoms with Crippen LogP contribution in [-0.4, -0.2) is 22.1 Å². The second kappa shape index (κ2) is 7.97. The second-order valence-corrected chi connectivity index (χ2v) is 8.52. The fraction of sp³-hybridized carbons (Fsp3) is 0.296. The van der Waals surface area contributed by atoms with Gasteiger partial charge in [-0.25, -0.2) is 0 Å². The number of hydrogen-bond acceptors (Lipinski definition) is 2. The lowest BCUT2D eigenvalue weighted by atomic mass is 10.0. The summed E-state index contributed by atoms with van der Waals surface area (Å²) < 4.78 is 2.26. The molecule has 0 spiro atoms. The molecule has 1 unspecified atom stereocenters. The zero-order valence-electron chi connectivity index (χ0n) is 17.5. The third-order valence-corrected chi connectivity index (χ3v) is 6.76. The summed E-state index contributed by atoms with van der Waals surface area (Å²) >= 11 is 0. The maximum Gasteiger partial charge on any atom is 0.0992 e. The average molecular weight is 394 g/mol. The van der Waals surface area contributed by atoms with Gasteiger partial charge in [0.25, 0.3) is 0 Å². The number of rotatable bonds is 5. The predicted octanol–water partition coefficient (Wildman–Crippen LogP) is 5.80. The lowest BCUT2D eigenvalue weighted by Gasteiger charge is -2.25. The van der Waals surface area contributed by atoms with Gasteiger partial charge in [-0.1, -0.05) is 48.5 Å². The lowest BCUT2D eigenvalue weighted by molar-refractivity contribution is 0.235. The molecule has 150 valence electrons. The van der Waals surface area contributed by atoms with Crippen LogP contribution >= 0.6 is 0 Å². The van der Waals surface area contributed by atoms with Crippen LogP contribution in [-0.2, 0) is 20.0 Å². The van der Waals surface area contributed by atoms with E-state index < -0.39 is 0 Å². The molecular weight excluding hydrogens is 366 g/mol. The van der Waals surface area contributed by atoms with Gasteiger partial charge >= 0.3 is 0 Å². The number of aromatic nitrogens is 1. The van der Waals surface area contributed by atoms with E-state index in [4.69, 9.17) is 0 Å². The lowest BCUT2D eigenvalue weighted by Crippen LogP contribution is -2.29. The molecule has 0 N–H and O–H groups in total. The van der Waals surface area contributed by atoms with E-state index in [1.807, 2.05) is 12.1 Å². The van der Waals surface area contributed by atoms with Gasteiger partial charge in [0.15, 0.2) is 0 Å². The van der Waals surface area contributed by atoms with Gasteiger partial charge in [-0.15, -0.1) is 0 Å². The molecule has 2 heterocycles. The molecule has 0 radical (unpaired) electrons. The third-order valence-electron chi connectivity index (χ3n) is 6.76. The maximum atomic E-state index is 9.19. The second-order valence-electron chi connectivity index (χ2n) is 8.52. The van der Waals surface area contributed by atoms with Crippen LogP contribution < -0.4 is 0 Å². The number of benzene rings is 3. The summed E-state index contributed by atoms with van der Waals surface area (Å²) in [4.78, 5) is 2.68. The van der Waals surface area contributed by atoms with Crippen molar-refractivity contribution in [2.75, 3.05) is 6.54 Å². The third kappa shape index (κ3) is 3.49. The van der Waals surface area contributed by atoms with Crippen LogP contribution in [0.2, 0.25) is 0 Å². The van der Waals surface area contributed by atoms with Crippen molar-refractivity contribution in [1.82, 2.24) is 9.47 Å². The van der Waals surface area contributed by atoms with Crippen LogP contribution in [0.5, 0.6) is 0 Å². The molecule has 5 rings (SSSR count). The van der Waals surface area contributed by atoms with Crippen molar-refractivity contribution in [3.63, 3.8) is 0 Å². The molecule has 3 aromatic carbocycles. The Hall–Kier alpha value is -3.09. The van der Waals surface area contributed by atoms with Crippen molar-refractivity contribution >= 4 is 21.7 Å². The molecular formula is C27H27N3. The largest absolute Gasteiger partial charge is 0.348 e. The number of nitriles is 1. The minimum Gasteiger partial charge on any atom is -0.348 e. The Labute approximate surface area is 178 Å². The maximum absolute atomic E-state index is 9.19. The Kier molecular flexibility index (Phi) is 5.02. The SMILES string of the molecule is Cn1c(CCC2CCCN2Cc2cccc3ccccc23)cc2ccc(C#N)cc21. The fourth-order valence-electron chi connectivity index (χ4n) is 5.09. The molecule has 0 bridgehead atoms. The van der Waals surface area contributed by atoms with Crippen molar-refractivity contribution < 1.29 is 0 Å². The summed E-state index contributed by atoms with van der Waals surface area (Å²) in [5, 5.41) is 13.1. The molecule has 0 aliphatic carbocycles. The summed E-state index contributed by atoms with van der Waals surface area (Å²) in [6.07, 6.45) is 4.83. The summed E-state index contributed by atoms with van der Waals surface area (Å²) in [7, 11) is 2.13. The van der Waals surface area contributed by atoms with Gasteiger partial charge in [0.05, 0.1) is 11.6 Å². The molecule has 30 heavy (non-hydrogen) atoms. The first-order chi connectivity index (χ1) is 14.7. The Morgan fingerprint density at radius 1 is 1.00 bits per heavy atom. The highest BCUT2D eigenvalue weighted by Gasteiger charge is 2.25. The van der Waals surface area contributed by atoms with E-state index in [9.17, 15) is 5.26 Å². The Bertz CT molecular complexity index is 1240. The van der Waals surface area contributed by atoms with Gasteiger partial charge < -0.3 is 4.57 Å². The summed E-state index contributed by atoms with van der Waals surface area (Å²) in [5.41, 5.74) is 4.68. The molecule has 1 aliphatic heterocycles. The van der Waals surface area contributed by atoms with Gasteiger partial charge in [-0.05, 0) is 72.1 Å². The highest BCUT2D eigenvalue weighted by Crippen LogP contribution is 2.28. The molecule has 1 aliphatic rings. The predicted molar refractivity (Wildman–Crippen MR) is 123 cm³/mol. The van der Waals surface area contributed by atoms with E-state index >= 15 is 0 Å². The molecule has 1 saturated heterocycles. The topological polar surface area (TPSA) is 32.0 Å².